The highest BCUT2D eigenvalue weighted by Gasteiger charge is 2.38. The van der Waals surface area contributed by atoms with Gasteiger partial charge < -0.3 is 0 Å². The Morgan fingerprint density at radius 1 is 1.29 bits per heavy atom. The first-order chi connectivity index (χ1) is 9.43. The number of alkyl halides is 3. The highest BCUT2D eigenvalue weighted by Crippen LogP contribution is 2.26. The van der Waals surface area contributed by atoms with E-state index in [1.54, 1.807) is 13.8 Å². The van der Waals surface area contributed by atoms with Crippen LogP contribution < -0.4 is 0 Å². The molecule has 0 aromatic heterocycles. The number of benzene rings is 1. The molecule has 0 N–H and O–H groups in total. The summed E-state index contributed by atoms with van der Waals surface area (Å²) >= 11 is 2.96. The van der Waals surface area contributed by atoms with Gasteiger partial charge in [0, 0.05) is 11.0 Å². The Bertz CT molecular complexity index is 602. The van der Waals surface area contributed by atoms with Gasteiger partial charge in [0.15, 0.2) is 0 Å². The van der Waals surface area contributed by atoms with E-state index in [-0.39, 0.29) is 16.8 Å². The minimum absolute atomic E-state index is 0.254. The van der Waals surface area contributed by atoms with Gasteiger partial charge in [-0.05, 0) is 24.1 Å². The van der Waals surface area contributed by atoms with Gasteiger partial charge in [-0.1, -0.05) is 29.8 Å². The van der Waals surface area contributed by atoms with E-state index in [1.165, 1.54) is 6.07 Å². The summed E-state index contributed by atoms with van der Waals surface area (Å²) in [5.74, 6) is -1.43. The lowest BCUT2D eigenvalue weighted by atomic mass is 10.2. The molecule has 0 aliphatic carbocycles. The molecule has 0 saturated carbocycles. The van der Waals surface area contributed by atoms with E-state index < -0.39 is 33.5 Å². The number of hydrogen-bond acceptors (Lipinski definition) is 2. The van der Waals surface area contributed by atoms with Gasteiger partial charge in [0.2, 0.25) is 10.0 Å². The van der Waals surface area contributed by atoms with Crippen molar-refractivity contribution in [3.63, 3.8) is 0 Å². The smallest absolute Gasteiger partial charge is 0.207 e. The molecule has 1 aromatic carbocycles. The number of hydrogen-bond donors (Lipinski definition) is 0. The van der Waals surface area contributed by atoms with Crippen LogP contribution in [0, 0.1) is 11.7 Å². The molecule has 120 valence electrons. The minimum Gasteiger partial charge on any atom is -0.207 e. The van der Waals surface area contributed by atoms with Crippen molar-refractivity contribution >= 4 is 26.0 Å². The minimum atomic E-state index is -4.70. The third kappa shape index (κ3) is 5.23. The van der Waals surface area contributed by atoms with Crippen molar-refractivity contribution in [2.75, 3.05) is 13.1 Å². The summed E-state index contributed by atoms with van der Waals surface area (Å²) in [6.45, 7) is 1.16. The van der Waals surface area contributed by atoms with Gasteiger partial charge in [0.25, 0.3) is 0 Å². The first kappa shape index (κ1) is 18.4. The Morgan fingerprint density at radius 3 is 2.29 bits per heavy atom. The Labute approximate surface area is 129 Å². The zero-order valence-electron chi connectivity index (χ0n) is 11.3. The second kappa shape index (κ2) is 6.62. The standard InChI is InChI=1S/C12H14BrF4NO2S/c1-8(2)6-18(7-12(15,16)17)21(19,20)11-4-3-9(13)5-10(11)14/h3-5,8H,6-7H2,1-2H3. The Balaban J connectivity index is 3.26. The van der Waals surface area contributed by atoms with Crippen LogP contribution in [0.5, 0.6) is 0 Å². The fourth-order valence-corrected chi connectivity index (χ4v) is 3.65. The molecular formula is C12H14BrF4NO2S. The third-order valence-electron chi connectivity index (χ3n) is 2.44. The molecule has 0 atom stereocenters. The molecule has 3 nitrogen and oxygen atoms in total. The summed E-state index contributed by atoms with van der Waals surface area (Å²) in [6.07, 6.45) is -4.70. The van der Waals surface area contributed by atoms with E-state index in [1.807, 2.05) is 0 Å². The molecule has 0 bridgehead atoms. The highest BCUT2D eigenvalue weighted by molar-refractivity contribution is 9.10. The van der Waals surface area contributed by atoms with Crippen LogP contribution in [0.15, 0.2) is 27.6 Å². The van der Waals surface area contributed by atoms with Crippen molar-refractivity contribution in [1.82, 2.24) is 4.31 Å². The van der Waals surface area contributed by atoms with Crippen molar-refractivity contribution in [3.05, 3.63) is 28.5 Å². The van der Waals surface area contributed by atoms with Crippen molar-refractivity contribution in [2.45, 2.75) is 24.9 Å². The summed E-state index contributed by atoms with van der Waals surface area (Å²) in [5, 5.41) is 0. The van der Waals surface area contributed by atoms with Crippen molar-refractivity contribution in [2.24, 2.45) is 5.92 Å². The number of halogens is 5. The van der Waals surface area contributed by atoms with Crippen LogP contribution in [0.2, 0.25) is 0 Å². The summed E-state index contributed by atoms with van der Waals surface area (Å²) in [7, 11) is -4.56. The Hall–Kier alpha value is -0.670. The van der Waals surface area contributed by atoms with E-state index in [9.17, 15) is 26.0 Å². The van der Waals surface area contributed by atoms with Gasteiger partial charge in [-0.3, -0.25) is 0 Å². The van der Waals surface area contributed by atoms with Crippen LogP contribution in [-0.4, -0.2) is 32.0 Å². The highest BCUT2D eigenvalue weighted by atomic mass is 79.9. The molecule has 0 unspecified atom stereocenters. The van der Waals surface area contributed by atoms with E-state index in [0.717, 1.165) is 12.1 Å². The molecular weight excluding hydrogens is 378 g/mol. The fraction of sp³-hybridized carbons (Fsp3) is 0.500. The van der Waals surface area contributed by atoms with Gasteiger partial charge in [-0.15, -0.1) is 0 Å². The van der Waals surface area contributed by atoms with E-state index in [0.29, 0.717) is 4.47 Å². The molecule has 21 heavy (non-hydrogen) atoms. The van der Waals surface area contributed by atoms with Gasteiger partial charge in [-0.2, -0.15) is 17.5 Å². The van der Waals surface area contributed by atoms with E-state index in [4.69, 9.17) is 0 Å². The summed E-state index contributed by atoms with van der Waals surface area (Å²) in [5.41, 5.74) is 0. The molecule has 9 heteroatoms. The largest absolute Gasteiger partial charge is 0.402 e. The number of rotatable bonds is 5. The number of sulfonamides is 1. The lowest BCUT2D eigenvalue weighted by Crippen LogP contribution is -2.41. The van der Waals surface area contributed by atoms with Gasteiger partial charge in [-0.25, -0.2) is 12.8 Å². The number of nitrogens with zero attached hydrogens (tertiary/aromatic N) is 1. The predicted octanol–water partition coefficient (Wildman–Crippen LogP) is 3.80. The van der Waals surface area contributed by atoms with Crippen LogP contribution in [-0.2, 0) is 10.0 Å². The lowest BCUT2D eigenvalue weighted by Gasteiger charge is -2.25. The molecule has 0 spiro atoms. The molecule has 1 aromatic rings. The topological polar surface area (TPSA) is 37.4 Å². The van der Waals surface area contributed by atoms with Crippen LogP contribution in [0.1, 0.15) is 13.8 Å². The summed E-state index contributed by atoms with van der Waals surface area (Å²) in [4.78, 5) is -0.768. The maximum atomic E-state index is 13.8. The molecule has 0 aliphatic heterocycles. The Kier molecular flexibility index (Phi) is 5.79. The molecule has 0 amide bonds. The zero-order chi connectivity index (χ0) is 16.4. The summed E-state index contributed by atoms with van der Waals surface area (Å²) < 4.78 is 76.5. The van der Waals surface area contributed by atoms with Gasteiger partial charge in [0.05, 0.1) is 0 Å². The van der Waals surface area contributed by atoms with E-state index >= 15 is 0 Å². The second-order valence-corrected chi connectivity index (χ2v) is 7.70. The monoisotopic (exact) mass is 391 g/mol. The summed E-state index contributed by atoms with van der Waals surface area (Å²) in [6, 6.07) is 3.10. The van der Waals surface area contributed by atoms with Crippen molar-refractivity contribution < 1.29 is 26.0 Å². The maximum Gasteiger partial charge on any atom is 0.402 e. The first-order valence-electron chi connectivity index (χ1n) is 5.95. The zero-order valence-corrected chi connectivity index (χ0v) is 13.7. The molecule has 0 fully saturated rings. The van der Waals surface area contributed by atoms with Crippen LogP contribution in [0.3, 0.4) is 0 Å². The first-order valence-corrected chi connectivity index (χ1v) is 8.18. The van der Waals surface area contributed by atoms with Crippen molar-refractivity contribution in [3.8, 4) is 0 Å². The fourth-order valence-electron chi connectivity index (χ4n) is 1.68. The average Bonchev–Trinajstić information content (AvgIpc) is 2.24. The van der Waals surface area contributed by atoms with E-state index in [2.05, 4.69) is 15.9 Å². The predicted molar refractivity (Wildman–Crippen MR) is 73.8 cm³/mol. The SMILES string of the molecule is CC(C)CN(CC(F)(F)F)S(=O)(=O)c1ccc(Br)cc1F. The second-order valence-electron chi connectivity index (χ2n) is 4.88. The lowest BCUT2D eigenvalue weighted by molar-refractivity contribution is -0.136. The Morgan fingerprint density at radius 2 is 1.86 bits per heavy atom. The molecule has 0 saturated heterocycles. The maximum absolute atomic E-state index is 13.8. The van der Waals surface area contributed by atoms with Crippen molar-refractivity contribution in [1.29, 1.82) is 0 Å². The molecule has 0 heterocycles. The average molecular weight is 392 g/mol. The third-order valence-corrected chi connectivity index (χ3v) is 4.77. The molecule has 0 radical (unpaired) electrons. The van der Waals surface area contributed by atoms with Crippen LogP contribution in [0.4, 0.5) is 17.6 Å². The van der Waals surface area contributed by atoms with Gasteiger partial charge >= 0.3 is 6.18 Å². The molecule has 0 aliphatic rings. The quantitative estimate of drug-likeness (QED) is 0.715. The van der Waals surface area contributed by atoms with Crippen LogP contribution in [0.25, 0.3) is 0 Å². The van der Waals surface area contributed by atoms with Gasteiger partial charge in [0.1, 0.15) is 17.3 Å². The normalized spacial score (nSPS) is 13.2. The van der Waals surface area contributed by atoms with Crippen LogP contribution >= 0.6 is 15.9 Å². The molecule has 1 rings (SSSR count).